The highest BCUT2D eigenvalue weighted by Crippen LogP contribution is 2.28. The van der Waals surface area contributed by atoms with Gasteiger partial charge in [-0.15, -0.1) is 0 Å². The summed E-state index contributed by atoms with van der Waals surface area (Å²) in [6, 6.07) is 11.9. The lowest BCUT2D eigenvalue weighted by Crippen LogP contribution is -2.44. The van der Waals surface area contributed by atoms with Gasteiger partial charge in [-0.2, -0.15) is 0 Å². The molecule has 2 heterocycles. The number of benzene rings is 2. The maximum absolute atomic E-state index is 12.9. The van der Waals surface area contributed by atoms with Crippen molar-refractivity contribution in [2.45, 2.75) is 31.3 Å². The summed E-state index contributed by atoms with van der Waals surface area (Å²) in [4.78, 5) is 17.8. The highest BCUT2D eigenvalue weighted by Gasteiger charge is 2.31. The number of nitrogens with zero attached hydrogens (tertiary/aromatic N) is 2. The second-order valence-corrected chi connectivity index (χ2v) is 7.67. The van der Waals surface area contributed by atoms with Gasteiger partial charge in [-0.1, -0.05) is 30.3 Å². The van der Waals surface area contributed by atoms with Crippen LogP contribution in [0.2, 0.25) is 0 Å². The molecule has 2 aromatic rings. The van der Waals surface area contributed by atoms with Crippen molar-refractivity contribution in [2.75, 3.05) is 33.2 Å². The van der Waals surface area contributed by atoms with Crippen molar-refractivity contribution in [2.24, 2.45) is 0 Å². The minimum Gasteiger partial charge on any atom is -0.507 e. The summed E-state index contributed by atoms with van der Waals surface area (Å²) in [6.45, 7) is 4.26. The molecule has 0 aromatic heterocycles. The zero-order chi connectivity index (χ0) is 18.1. The van der Waals surface area contributed by atoms with Crippen LogP contribution in [0, 0.1) is 0 Å². The van der Waals surface area contributed by atoms with Gasteiger partial charge in [-0.25, -0.2) is 0 Å². The summed E-state index contributed by atoms with van der Waals surface area (Å²) < 4.78 is 0. The molecule has 4 rings (SSSR count). The van der Waals surface area contributed by atoms with Crippen molar-refractivity contribution < 1.29 is 9.90 Å². The number of likely N-dealkylation sites (tertiary alicyclic amines) is 2. The van der Waals surface area contributed by atoms with Gasteiger partial charge in [0.05, 0.1) is 5.56 Å². The van der Waals surface area contributed by atoms with Crippen LogP contribution in [-0.2, 0) is 0 Å². The molecule has 2 aliphatic heterocycles. The fourth-order valence-corrected chi connectivity index (χ4v) is 4.35. The first-order valence-corrected chi connectivity index (χ1v) is 9.56. The Morgan fingerprint density at radius 1 is 1.08 bits per heavy atom. The Balaban J connectivity index is 1.44. The molecule has 0 radical (unpaired) electrons. The normalized spacial score (nSPS) is 22.7. The van der Waals surface area contributed by atoms with Crippen LogP contribution in [0.15, 0.2) is 36.4 Å². The van der Waals surface area contributed by atoms with Crippen LogP contribution >= 0.6 is 0 Å². The minimum absolute atomic E-state index is 0.0476. The predicted molar refractivity (Wildman–Crippen MR) is 104 cm³/mol. The number of phenols is 1. The maximum Gasteiger partial charge on any atom is 0.255 e. The number of phenolic OH excluding ortho intramolecular Hbond substituents is 1. The van der Waals surface area contributed by atoms with Crippen LogP contribution in [0.5, 0.6) is 5.75 Å². The molecule has 0 aliphatic carbocycles. The fourth-order valence-electron chi connectivity index (χ4n) is 4.35. The monoisotopic (exact) mass is 353 g/mol. The Kier molecular flexibility index (Phi) is 4.83. The van der Waals surface area contributed by atoms with E-state index >= 15 is 0 Å². The van der Waals surface area contributed by atoms with Crippen molar-refractivity contribution >= 4 is 16.7 Å². The Labute approximate surface area is 154 Å². The van der Waals surface area contributed by atoms with Crippen LogP contribution in [0.3, 0.4) is 0 Å². The van der Waals surface area contributed by atoms with Gasteiger partial charge in [-0.3, -0.25) is 9.69 Å². The molecular weight excluding hydrogens is 326 g/mol. The number of aromatic hydroxyl groups is 1. The lowest BCUT2D eigenvalue weighted by molar-refractivity contribution is 0.0931. The van der Waals surface area contributed by atoms with Gasteiger partial charge in [0.15, 0.2) is 0 Å². The van der Waals surface area contributed by atoms with Crippen molar-refractivity contribution in [1.82, 2.24) is 15.1 Å². The number of hydrogen-bond acceptors (Lipinski definition) is 4. The van der Waals surface area contributed by atoms with E-state index in [-0.39, 0.29) is 17.7 Å². The fraction of sp³-hybridized carbons (Fsp3) is 0.476. The molecule has 26 heavy (non-hydrogen) atoms. The van der Waals surface area contributed by atoms with Gasteiger partial charge in [-0.05, 0) is 56.2 Å². The van der Waals surface area contributed by atoms with E-state index in [1.54, 1.807) is 6.07 Å². The van der Waals surface area contributed by atoms with Crippen molar-refractivity contribution in [3.05, 3.63) is 42.0 Å². The molecular formula is C21H27N3O2. The van der Waals surface area contributed by atoms with Crippen LogP contribution in [0.1, 0.15) is 29.6 Å². The number of nitrogens with one attached hydrogen (secondary N) is 1. The standard InChI is InChI=1S/C21H27N3O2/c1-23-11-9-17(10-12-23)24-13-8-16(14-24)22-21(26)20-18-5-3-2-4-15(18)6-7-19(20)25/h2-7,16-17,25H,8-14H2,1H3,(H,22,26). The lowest BCUT2D eigenvalue weighted by atomic mass is 10.0. The second kappa shape index (κ2) is 7.25. The van der Waals surface area contributed by atoms with E-state index in [2.05, 4.69) is 22.2 Å². The highest BCUT2D eigenvalue weighted by molar-refractivity contribution is 6.09. The third kappa shape index (κ3) is 3.41. The van der Waals surface area contributed by atoms with E-state index in [1.165, 1.54) is 12.8 Å². The van der Waals surface area contributed by atoms with Crippen LogP contribution in [-0.4, -0.2) is 66.1 Å². The average Bonchev–Trinajstić information content (AvgIpc) is 3.10. The van der Waals surface area contributed by atoms with Crippen LogP contribution in [0.25, 0.3) is 10.8 Å². The molecule has 138 valence electrons. The van der Waals surface area contributed by atoms with E-state index < -0.39 is 0 Å². The van der Waals surface area contributed by atoms with E-state index in [0.29, 0.717) is 11.6 Å². The van der Waals surface area contributed by atoms with Gasteiger partial charge in [0.2, 0.25) is 0 Å². The second-order valence-electron chi connectivity index (χ2n) is 7.67. The van der Waals surface area contributed by atoms with E-state index in [4.69, 9.17) is 0 Å². The van der Waals surface area contributed by atoms with Gasteiger partial charge < -0.3 is 15.3 Å². The Morgan fingerprint density at radius 2 is 1.85 bits per heavy atom. The number of amides is 1. The molecule has 0 saturated carbocycles. The summed E-state index contributed by atoms with van der Waals surface area (Å²) >= 11 is 0. The number of piperidine rings is 1. The number of fused-ring (bicyclic) bond motifs is 1. The quantitative estimate of drug-likeness (QED) is 0.890. The molecule has 5 heteroatoms. The molecule has 2 aromatic carbocycles. The first-order valence-electron chi connectivity index (χ1n) is 9.56. The lowest BCUT2D eigenvalue weighted by Gasteiger charge is -2.35. The van der Waals surface area contributed by atoms with Gasteiger partial charge in [0.1, 0.15) is 5.75 Å². The Bertz CT molecular complexity index is 799. The molecule has 0 spiro atoms. The molecule has 5 nitrogen and oxygen atoms in total. The predicted octanol–water partition coefficient (Wildman–Crippen LogP) is 2.44. The minimum atomic E-state index is -0.172. The van der Waals surface area contributed by atoms with Crippen LogP contribution in [0.4, 0.5) is 0 Å². The van der Waals surface area contributed by atoms with Gasteiger partial charge in [0.25, 0.3) is 5.91 Å². The first kappa shape index (κ1) is 17.3. The Morgan fingerprint density at radius 3 is 2.65 bits per heavy atom. The molecule has 0 bridgehead atoms. The molecule has 2 N–H and O–H groups in total. The number of rotatable bonds is 3. The van der Waals surface area contributed by atoms with E-state index in [0.717, 1.165) is 43.4 Å². The average molecular weight is 353 g/mol. The van der Waals surface area contributed by atoms with Crippen molar-refractivity contribution in [3.63, 3.8) is 0 Å². The molecule has 1 amide bonds. The topological polar surface area (TPSA) is 55.8 Å². The van der Waals surface area contributed by atoms with E-state index in [9.17, 15) is 9.90 Å². The molecule has 2 saturated heterocycles. The number of hydrogen-bond donors (Lipinski definition) is 2. The van der Waals surface area contributed by atoms with Gasteiger partial charge in [0, 0.05) is 25.2 Å². The largest absolute Gasteiger partial charge is 0.507 e. The number of carbonyl (C=O) groups is 1. The summed E-state index contributed by atoms with van der Waals surface area (Å²) in [7, 11) is 2.18. The summed E-state index contributed by atoms with van der Waals surface area (Å²) in [5.74, 6) is -0.124. The number of carbonyl (C=O) groups excluding carboxylic acids is 1. The molecule has 1 atom stereocenters. The highest BCUT2D eigenvalue weighted by atomic mass is 16.3. The third-order valence-corrected chi connectivity index (χ3v) is 5.89. The smallest absolute Gasteiger partial charge is 0.255 e. The SMILES string of the molecule is CN1CCC(N2CCC(NC(=O)c3c(O)ccc4ccccc34)C2)CC1. The molecule has 2 fully saturated rings. The van der Waals surface area contributed by atoms with Crippen molar-refractivity contribution in [3.8, 4) is 5.75 Å². The molecule has 2 aliphatic rings. The van der Waals surface area contributed by atoms with Crippen LogP contribution < -0.4 is 5.32 Å². The zero-order valence-electron chi connectivity index (χ0n) is 15.3. The maximum atomic E-state index is 12.9. The zero-order valence-corrected chi connectivity index (χ0v) is 15.3. The van der Waals surface area contributed by atoms with E-state index in [1.807, 2.05) is 30.3 Å². The summed E-state index contributed by atoms with van der Waals surface area (Å²) in [5, 5.41) is 15.2. The summed E-state index contributed by atoms with van der Waals surface area (Å²) in [5.41, 5.74) is 0.390. The summed E-state index contributed by atoms with van der Waals surface area (Å²) in [6.07, 6.45) is 3.40. The van der Waals surface area contributed by atoms with Crippen molar-refractivity contribution in [1.29, 1.82) is 0 Å². The Hall–Kier alpha value is -2.11. The first-order chi connectivity index (χ1) is 12.6. The third-order valence-electron chi connectivity index (χ3n) is 5.89. The molecule has 1 unspecified atom stereocenters. The van der Waals surface area contributed by atoms with Gasteiger partial charge >= 0.3 is 0 Å².